The summed E-state index contributed by atoms with van der Waals surface area (Å²) in [5.74, 6) is -0.0425. The first-order valence-corrected chi connectivity index (χ1v) is 6.41. The van der Waals surface area contributed by atoms with Crippen molar-refractivity contribution in [2.75, 3.05) is 6.54 Å². The van der Waals surface area contributed by atoms with Crippen LogP contribution in [0.5, 0.6) is 0 Å². The zero-order valence-corrected chi connectivity index (χ0v) is 11.2. The van der Waals surface area contributed by atoms with E-state index in [2.05, 4.69) is 15.3 Å². The van der Waals surface area contributed by atoms with Gasteiger partial charge in [0.05, 0.1) is 12.2 Å². The zero-order chi connectivity index (χ0) is 13.8. The lowest BCUT2D eigenvalue weighted by Gasteiger charge is -2.25. The van der Waals surface area contributed by atoms with Crippen molar-refractivity contribution in [3.8, 4) is 0 Å². The SMILES string of the molecule is CC(C)C1NC(=O)CCN(Cc2ccncn2)C1=O. The van der Waals surface area contributed by atoms with Crippen LogP contribution in [0.4, 0.5) is 0 Å². The highest BCUT2D eigenvalue weighted by molar-refractivity contribution is 5.90. The fourth-order valence-electron chi connectivity index (χ4n) is 2.07. The number of nitrogens with zero attached hydrogens (tertiary/aromatic N) is 3. The van der Waals surface area contributed by atoms with Gasteiger partial charge in [0, 0.05) is 19.2 Å². The van der Waals surface area contributed by atoms with E-state index in [4.69, 9.17) is 0 Å². The molecule has 1 N–H and O–H groups in total. The molecule has 1 aromatic rings. The summed E-state index contributed by atoms with van der Waals surface area (Å²) in [7, 11) is 0. The molecule has 1 atom stereocenters. The van der Waals surface area contributed by atoms with Crippen LogP contribution in [-0.4, -0.2) is 39.3 Å². The molecule has 1 aromatic heterocycles. The third kappa shape index (κ3) is 3.27. The summed E-state index contributed by atoms with van der Waals surface area (Å²) in [6.07, 6.45) is 3.44. The van der Waals surface area contributed by atoms with Crippen LogP contribution in [-0.2, 0) is 16.1 Å². The van der Waals surface area contributed by atoms with Gasteiger partial charge in [-0.1, -0.05) is 13.8 Å². The predicted octanol–water partition coefficient (Wildman–Crippen LogP) is 0.350. The van der Waals surface area contributed by atoms with Crippen molar-refractivity contribution in [1.29, 1.82) is 0 Å². The summed E-state index contributed by atoms with van der Waals surface area (Å²) < 4.78 is 0. The van der Waals surface area contributed by atoms with Crippen molar-refractivity contribution in [3.63, 3.8) is 0 Å². The second kappa shape index (κ2) is 5.77. The Balaban J connectivity index is 2.14. The fraction of sp³-hybridized carbons (Fsp3) is 0.538. The van der Waals surface area contributed by atoms with Crippen LogP contribution in [0.1, 0.15) is 26.0 Å². The molecule has 6 heteroatoms. The van der Waals surface area contributed by atoms with Gasteiger partial charge in [0.25, 0.3) is 0 Å². The Labute approximate surface area is 112 Å². The summed E-state index contributed by atoms with van der Waals surface area (Å²) in [6, 6.07) is 1.33. The van der Waals surface area contributed by atoms with Crippen LogP contribution in [0.15, 0.2) is 18.6 Å². The monoisotopic (exact) mass is 262 g/mol. The maximum atomic E-state index is 12.4. The molecular weight excluding hydrogens is 244 g/mol. The Morgan fingerprint density at radius 3 is 2.89 bits per heavy atom. The molecule has 0 aliphatic carbocycles. The van der Waals surface area contributed by atoms with Gasteiger partial charge in [-0.25, -0.2) is 9.97 Å². The second-order valence-electron chi connectivity index (χ2n) is 5.00. The fourth-order valence-corrected chi connectivity index (χ4v) is 2.07. The van der Waals surface area contributed by atoms with Crippen molar-refractivity contribution in [3.05, 3.63) is 24.3 Å². The van der Waals surface area contributed by atoms with Crippen molar-refractivity contribution in [2.24, 2.45) is 5.92 Å². The molecule has 0 saturated carbocycles. The van der Waals surface area contributed by atoms with Crippen LogP contribution in [0.3, 0.4) is 0 Å². The highest BCUT2D eigenvalue weighted by Crippen LogP contribution is 2.13. The number of hydrogen-bond donors (Lipinski definition) is 1. The van der Waals surface area contributed by atoms with E-state index in [0.29, 0.717) is 19.5 Å². The number of aromatic nitrogens is 2. The van der Waals surface area contributed by atoms with E-state index in [1.54, 1.807) is 17.2 Å². The summed E-state index contributed by atoms with van der Waals surface area (Å²) in [6.45, 7) is 4.70. The van der Waals surface area contributed by atoms with Gasteiger partial charge in [-0.15, -0.1) is 0 Å². The minimum absolute atomic E-state index is 0.0422. The van der Waals surface area contributed by atoms with E-state index < -0.39 is 6.04 Å². The molecule has 0 spiro atoms. The number of carbonyl (C=O) groups excluding carboxylic acids is 2. The zero-order valence-electron chi connectivity index (χ0n) is 11.2. The highest BCUT2D eigenvalue weighted by Gasteiger charge is 2.31. The van der Waals surface area contributed by atoms with Crippen molar-refractivity contribution >= 4 is 11.8 Å². The Morgan fingerprint density at radius 2 is 2.26 bits per heavy atom. The predicted molar refractivity (Wildman–Crippen MR) is 68.8 cm³/mol. The molecule has 1 unspecified atom stereocenters. The standard InChI is InChI=1S/C13H18N4O2/c1-9(2)12-13(19)17(6-4-11(18)16-12)7-10-3-5-14-8-15-10/h3,5,8-9,12H,4,6-7H2,1-2H3,(H,16,18). The van der Waals surface area contributed by atoms with Gasteiger partial charge in [-0.2, -0.15) is 0 Å². The first-order chi connectivity index (χ1) is 9.08. The average Bonchev–Trinajstić information content (AvgIpc) is 2.53. The molecule has 2 rings (SSSR count). The molecule has 6 nitrogen and oxygen atoms in total. The smallest absolute Gasteiger partial charge is 0.245 e. The topological polar surface area (TPSA) is 75.2 Å². The minimum Gasteiger partial charge on any atom is -0.344 e. The summed E-state index contributed by atoms with van der Waals surface area (Å²) >= 11 is 0. The van der Waals surface area contributed by atoms with E-state index in [0.717, 1.165) is 5.69 Å². The van der Waals surface area contributed by atoms with Gasteiger partial charge in [-0.3, -0.25) is 9.59 Å². The van der Waals surface area contributed by atoms with E-state index >= 15 is 0 Å². The summed E-state index contributed by atoms with van der Waals surface area (Å²) in [5, 5.41) is 2.78. The molecule has 1 aliphatic rings. The lowest BCUT2D eigenvalue weighted by molar-refractivity contribution is -0.135. The van der Waals surface area contributed by atoms with Crippen LogP contribution < -0.4 is 5.32 Å². The molecule has 1 fully saturated rings. The van der Waals surface area contributed by atoms with Crippen molar-refractivity contribution in [2.45, 2.75) is 32.9 Å². The Morgan fingerprint density at radius 1 is 1.47 bits per heavy atom. The molecule has 0 aromatic carbocycles. The lowest BCUT2D eigenvalue weighted by atomic mass is 10.0. The first-order valence-electron chi connectivity index (χ1n) is 6.41. The Kier molecular flexibility index (Phi) is 4.09. The summed E-state index contributed by atoms with van der Waals surface area (Å²) in [5.41, 5.74) is 0.778. The molecule has 0 radical (unpaired) electrons. The third-order valence-electron chi connectivity index (χ3n) is 3.17. The molecular formula is C13H18N4O2. The third-order valence-corrected chi connectivity index (χ3v) is 3.17. The first kappa shape index (κ1) is 13.5. The number of carbonyl (C=O) groups is 2. The molecule has 102 valence electrons. The van der Waals surface area contributed by atoms with Crippen LogP contribution in [0.25, 0.3) is 0 Å². The van der Waals surface area contributed by atoms with E-state index in [9.17, 15) is 9.59 Å². The van der Waals surface area contributed by atoms with Crippen LogP contribution >= 0.6 is 0 Å². The largest absolute Gasteiger partial charge is 0.344 e. The molecule has 2 heterocycles. The molecule has 0 bridgehead atoms. The molecule has 2 amide bonds. The van der Waals surface area contributed by atoms with Crippen LogP contribution in [0, 0.1) is 5.92 Å². The molecule has 1 aliphatic heterocycles. The van der Waals surface area contributed by atoms with Crippen molar-refractivity contribution in [1.82, 2.24) is 20.2 Å². The molecule has 19 heavy (non-hydrogen) atoms. The maximum Gasteiger partial charge on any atom is 0.245 e. The average molecular weight is 262 g/mol. The van der Waals surface area contributed by atoms with Gasteiger partial charge in [0.2, 0.25) is 11.8 Å². The van der Waals surface area contributed by atoms with Gasteiger partial charge in [0.15, 0.2) is 0 Å². The van der Waals surface area contributed by atoms with E-state index in [1.807, 2.05) is 13.8 Å². The van der Waals surface area contributed by atoms with Gasteiger partial charge < -0.3 is 10.2 Å². The minimum atomic E-state index is -0.447. The maximum absolute atomic E-state index is 12.4. The van der Waals surface area contributed by atoms with Gasteiger partial charge >= 0.3 is 0 Å². The highest BCUT2D eigenvalue weighted by atomic mass is 16.2. The molecule has 1 saturated heterocycles. The second-order valence-corrected chi connectivity index (χ2v) is 5.00. The number of hydrogen-bond acceptors (Lipinski definition) is 4. The Bertz CT molecular complexity index is 461. The lowest BCUT2D eigenvalue weighted by Crippen LogP contribution is -2.47. The van der Waals surface area contributed by atoms with E-state index in [-0.39, 0.29) is 17.7 Å². The number of rotatable bonds is 3. The number of amides is 2. The summed E-state index contributed by atoms with van der Waals surface area (Å²) in [4.78, 5) is 33.7. The normalized spacial score (nSPS) is 20.4. The van der Waals surface area contributed by atoms with E-state index in [1.165, 1.54) is 6.33 Å². The van der Waals surface area contributed by atoms with Gasteiger partial charge in [0.1, 0.15) is 12.4 Å². The quantitative estimate of drug-likeness (QED) is 0.853. The van der Waals surface area contributed by atoms with Crippen molar-refractivity contribution < 1.29 is 9.59 Å². The Hall–Kier alpha value is -1.98. The van der Waals surface area contributed by atoms with Crippen LogP contribution in [0.2, 0.25) is 0 Å². The van der Waals surface area contributed by atoms with Gasteiger partial charge in [-0.05, 0) is 12.0 Å². The number of nitrogens with one attached hydrogen (secondary N) is 1.